The molecule has 0 unspecified atom stereocenters. The van der Waals surface area contributed by atoms with Crippen molar-refractivity contribution in [3.8, 4) is 0 Å². The number of halogens is 3. The number of hydrogen-bond acceptors (Lipinski definition) is 3. The molecule has 2 rings (SSSR count). The average molecular weight is 341 g/mol. The molecule has 7 heteroatoms. The number of nitrogens with zero attached hydrogens (tertiary/aromatic N) is 1. The molecule has 1 fully saturated rings. The molecule has 4 nitrogen and oxygen atoms in total. The number of nitrogen functional groups attached to an aromatic ring is 1. The van der Waals surface area contributed by atoms with Crippen LogP contribution in [-0.2, 0) is 0 Å². The first-order chi connectivity index (χ1) is 8.58. The second kappa shape index (κ2) is 8.57. The SMILES string of the molecule is CN(CCNC(=O)c1ccc(N)cc1Cl)C1CC1.Cl.Cl. The summed E-state index contributed by atoms with van der Waals surface area (Å²) in [6.07, 6.45) is 2.54. The molecule has 1 aliphatic rings. The van der Waals surface area contributed by atoms with Gasteiger partial charge >= 0.3 is 0 Å². The van der Waals surface area contributed by atoms with Crippen LogP contribution >= 0.6 is 36.4 Å². The average Bonchev–Trinajstić information content (AvgIpc) is 3.12. The van der Waals surface area contributed by atoms with Gasteiger partial charge in [0.25, 0.3) is 5.91 Å². The van der Waals surface area contributed by atoms with Crippen LogP contribution < -0.4 is 11.1 Å². The predicted octanol–water partition coefficient (Wildman–Crippen LogP) is 2.59. The lowest BCUT2D eigenvalue weighted by molar-refractivity contribution is 0.0949. The molecule has 3 N–H and O–H groups in total. The lowest BCUT2D eigenvalue weighted by Crippen LogP contribution is -2.34. The van der Waals surface area contributed by atoms with E-state index in [4.69, 9.17) is 17.3 Å². The van der Waals surface area contributed by atoms with E-state index in [1.807, 2.05) is 0 Å². The summed E-state index contributed by atoms with van der Waals surface area (Å²) >= 11 is 5.98. The highest BCUT2D eigenvalue weighted by atomic mass is 35.5. The van der Waals surface area contributed by atoms with Crippen LogP contribution in [0.15, 0.2) is 18.2 Å². The van der Waals surface area contributed by atoms with E-state index in [9.17, 15) is 4.79 Å². The number of likely N-dealkylation sites (N-methyl/N-ethyl adjacent to an activating group) is 1. The van der Waals surface area contributed by atoms with Gasteiger partial charge < -0.3 is 16.0 Å². The van der Waals surface area contributed by atoms with Crippen LogP contribution in [0.1, 0.15) is 23.2 Å². The van der Waals surface area contributed by atoms with Crippen molar-refractivity contribution in [1.82, 2.24) is 10.2 Å². The van der Waals surface area contributed by atoms with Gasteiger partial charge in [-0.15, -0.1) is 24.8 Å². The van der Waals surface area contributed by atoms with Gasteiger partial charge in [-0.1, -0.05) is 11.6 Å². The number of carbonyl (C=O) groups is 1. The Labute approximate surface area is 136 Å². The summed E-state index contributed by atoms with van der Waals surface area (Å²) in [4.78, 5) is 14.2. The van der Waals surface area contributed by atoms with Crippen molar-refractivity contribution in [2.24, 2.45) is 0 Å². The maximum Gasteiger partial charge on any atom is 0.252 e. The van der Waals surface area contributed by atoms with Crippen molar-refractivity contribution in [3.05, 3.63) is 28.8 Å². The smallest absolute Gasteiger partial charge is 0.252 e. The molecule has 0 saturated heterocycles. The molecule has 1 aromatic carbocycles. The molecule has 114 valence electrons. The molecule has 0 aromatic heterocycles. The Balaban J connectivity index is 0.00000180. The largest absolute Gasteiger partial charge is 0.399 e. The topological polar surface area (TPSA) is 58.4 Å². The zero-order valence-electron chi connectivity index (χ0n) is 11.3. The van der Waals surface area contributed by atoms with E-state index in [-0.39, 0.29) is 30.7 Å². The van der Waals surface area contributed by atoms with Crippen molar-refractivity contribution in [3.63, 3.8) is 0 Å². The zero-order valence-corrected chi connectivity index (χ0v) is 13.7. The van der Waals surface area contributed by atoms with Gasteiger partial charge in [0.2, 0.25) is 0 Å². The first-order valence-corrected chi connectivity index (χ1v) is 6.49. The second-order valence-corrected chi connectivity index (χ2v) is 5.11. The Morgan fingerprint density at radius 1 is 1.45 bits per heavy atom. The van der Waals surface area contributed by atoms with Crippen LogP contribution in [0.3, 0.4) is 0 Å². The Hall–Kier alpha value is -0.680. The van der Waals surface area contributed by atoms with Crippen LogP contribution in [0.4, 0.5) is 5.69 Å². The highest BCUT2D eigenvalue weighted by molar-refractivity contribution is 6.34. The fourth-order valence-electron chi connectivity index (χ4n) is 1.85. The quantitative estimate of drug-likeness (QED) is 0.810. The van der Waals surface area contributed by atoms with Crippen molar-refractivity contribution in [1.29, 1.82) is 0 Å². The molecule has 0 aliphatic heterocycles. The van der Waals surface area contributed by atoms with E-state index in [1.54, 1.807) is 18.2 Å². The van der Waals surface area contributed by atoms with Gasteiger partial charge in [-0.05, 0) is 38.1 Å². The minimum absolute atomic E-state index is 0. The summed E-state index contributed by atoms with van der Waals surface area (Å²) in [6.45, 7) is 1.50. The van der Waals surface area contributed by atoms with Crippen LogP contribution in [0.2, 0.25) is 5.02 Å². The molecule has 1 aliphatic carbocycles. The fraction of sp³-hybridized carbons (Fsp3) is 0.462. The van der Waals surface area contributed by atoms with Crippen LogP contribution in [0.25, 0.3) is 0 Å². The standard InChI is InChI=1S/C13H18ClN3O.2ClH/c1-17(10-3-4-10)7-6-16-13(18)11-5-2-9(15)8-12(11)14;;/h2,5,8,10H,3-4,6-7,15H2,1H3,(H,16,18);2*1H. The van der Waals surface area contributed by atoms with Crippen LogP contribution in [0.5, 0.6) is 0 Å². The second-order valence-electron chi connectivity index (χ2n) is 4.71. The number of nitrogens with two attached hydrogens (primary N) is 1. The van der Waals surface area contributed by atoms with Gasteiger partial charge in [0.15, 0.2) is 0 Å². The van der Waals surface area contributed by atoms with Gasteiger partial charge in [0.05, 0.1) is 10.6 Å². The summed E-state index contributed by atoms with van der Waals surface area (Å²) < 4.78 is 0. The summed E-state index contributed by atoms with van der Waals surface area (Å²) in [5, 5.41) is 3.26. The minimum Gasteiger partial charge on any atom is -0.399 e. The number of nitrogens with one attached hydrogen (secondary N) is 1. The third kappa shape index (κ3) is 5.37. The third-order valence-corrected chi connectivity index (χ3v) is 3.47. The van der Waals surface area contributed by atoms with Gasteiger partial charge in [-0.25, -0.2) is 0 Å². The molecule has 1 saturated carbocycles. The summed E-state index contributed by atoms with van der Waals surface area (Å²) in [7, 11) is 2.08. The fourth-order valence-corrected chi connectivity index (χ4v) is 2.13. The summed E-state index contributed by atoms with van der Waals surface area (Å²) in [5.74, 6) is -0.149. The van der Waals surface area contributed by atoms with Crippen molar-refractivity contribution in [2.45, 2.75) is 18.9 Å². The van der Waals surface area contributed by atoms with E-state index < -0.39 is 0 Å². The zero-order chi connectivity index (χ0) is 13.1. The number of benzene rings is 1. The van der Waals surface area contributed by atoms with E-state index in [2.05, 4.69) is 17.3 Å². The Bertz CT molecular complexity index is 452. The minimum atomic E-state index is -0.149. The first kappa shape index (κ1) is 19.3. The number of anilines is 1. The normalized spacial score (nSPS) is 13.3. The van der Waals surface area contributed by atoms with Gasteiger partial charge in [0, 0.05) is 24.8 Å². The molecule has 1 amide bonds. The molecule has 0 radical (unpaired) electrons. The van der Waals surface area contributed by atoms with E-state index in [0.29, 0.717) is 28.9 Å². The summed E-state index contributed by atoms with van der Waals surface area (Å²) in [6, 6.07) is 5.63. The number of rotatable bonds is 5. The molecular weight excluding hydrogens is 321 g/mol. The lowest BCUT2D eigenvalue weighted by Gasteiger charge is -2.15. The van der Waals surface area contributed by atoms with Crippen LogP contribution in [-0.4, -0.2) is 37.0 Å². The maximum atomic E-state index is 11.9. The van der Waals surface area contributed by atoms with Gasteiger partial charge in [-0.3, -0.25) is 4.79 Å². The Morgan fingerprint density at radius 3 is 2.65 bits per heavy atom. The lowest BCUT2D eigenvalue weighted by atomic mass is 10.2. The summed E-state index contributed by atoms with van der Waals surface area (Å²) in [5.41, 5.74) is 6.62. The van der Waals surface area contributed by atoms with Crippen molar-refractivity contribution >= 4 is 48.0 Å². The number of hydrogen-bond donors (Lipinski definition) is 2. The maximum absolute atomic E-state index is 11.9. The first-order valence-electron chi connectivity index (χ1n) is 6.11. The van der Waals surface area contributed by atoms with Crippen molar-refractivity contribution in [2.75, 3.05) is 25.9 Å². The van der Waals surface area contributed by atoms with E-state index >= 15 is 0 Å². The molecule has 0 heterocycles. The molecule has 20 heavy (non-hydrogen) atoms. The highest BCUT2D eigenvalue weighted by Gasteiger charge is 2.25. The van der Waals surface area contributed by atoms with E-state index in [0.717, 1.165) is 6.54 Å². The Kier molecular flexibility index (Phi) is 8.28. The molecule has 0 atom stereocenters. The molecule has 0 spiro atoms. The van der Waals surface area contributed by atoms with Gasteiger partial charge in [0.1, 0.15) is 0 Å². The van der Waals surface area contributed by atoms with Gasteiger partial charge in [-0.2, -0.15) is 0 Å². The monoisotopic (exact) mass is 339 g/mol. The third-order valence-electron chi connectivity index (χ3n) is 3.16. The number of carbonyl (C=O) groups excluding carboxylic acids is 1. The van der Waals surface area contributed by atoms with Crippen LogP contribution in [0, 0.1) is 0 Å². The molecular formula is C13H20Cl3N3O. The number of amides is 1. The van der Waals surface area contributed by atoms with E-state index in [1.165, 1.54) is 12.8 Å². The molecule has 1 aromatic rings. The predicted molar refractivity (Wildman–Crippen MR) is 88.3 cm³/mol. The van der Waals surface area contributed by atoms with Crippen molar-refractivity contribution < 1.29 is 4.79 Å². The Morgan fingerprint density at radius 2 is 2.10 bits per heavy atom. The highest BCUT2D eigenvalue weighted by Crippen LogP contribution is 2.24. The molecule has 0 bridgehead atoms.